The van der Waals surface area contributed by atoms with Crippen molar-refractivity contribution >= 4 is 12.0 Å². The summed E-state index contributed by atoms with van der Waals surface area (Å²) >= 11 is 0. The van der Waals surface area contributed by atoms with Crippen LogP contribution in [0.25, 0.3) is 17.5 Å². The molecule has 1 heterocycles. The molecule has 0 bridgehead atoms. The Balaban J connectivity index is 1.63. The van der Waals surface area contributed by atoms with Gasteiger partial charge in [-0.05, 0) is 55.0 Å². The molecule has 0 aliphatic rings. The normalized spacial score (nSPS) is 12.0. The average molecular weight is 396 g/mol. The molecule has 0 fully saturated rings. The number of nitrogens with zero attached hydrogens (tertiary/aromatic N) is 2. The molecule has 150 valence electrons. The molecular formula is C21H20N2O6. The number of hydrogen-bond acceptors (Lipinski definition) is 8. The summed E-state index contributed by atoms with van der Waals surface area (Å²) < 4.78 is 21.1. The summed E-state index contributed by atoms with van der Waals surface area (Å²) in [6, 6.07) is 11.9. The molecule has 1 atom stereocenters. The molecule has 29 heavy (non-hydrogen) atoms. The molecule has 0 radical (unpaired) electrons. The SMILES string of the molecule is COc1ccc(-c2nnc(C(C)OC(=O)/C=C/c3ccc(O)c(OC)c3)o2)cc1. The van der Waals surface area contributed by atoms with Gasteiger partial charge in [0.25, 0.3) is 5.89 Å². The highest BCUT2D eigenvalue weighted by Gasteiger charge is 2.18. The quantitative estimate of drug-likeness (QED) is 0.475. The van der Waals surface area contributed by atoms with Gasteiger partial charge in [0.15, 0.2) is 17.6 Å². The van der Waals surface area contributed by atoms with Crippen LogP contribution in [-0.4, -0.2) is 35.5 Å². The van der Waals surface area contributed by atoms with Crippen molar-refractivity contribution in [2.75, 3.05) is 14.2 Å². The van der Waals surface area contributed by atoms with Crippen LogP contribution in [0.4, 0.5) is 0 Å². The number of phenols is 1. The van der Waals surface area contributed by atoms with Crippen LogP contribution in [0.5, 0.6) is 17.2 Å². The first-order valence-electron chi connectivity index (χ1n) is 8.73. The van der Waals surface area contributed by atoms with Crippen molar-refractivity contribution < 1.29 is 28.5 Å². The van der Waals surface area contributed by atoms with Crippen LogP contribution in [0.3, 0.4) is 0 Å². The van der Waals surface area contributed by atoms with Crippen molar-refractivity contribution in [3.05, 3.63) is 60.0 Å². The molecule has 1 unspecified atom stereocenters. The zero-order chi connectivity index (χ0) is 20.8. The number of carbonyl (C=O) groups is 1. The van der Waals surface area contributed by atoms with Crippen LogP contribution in [-0.2, 0) is 9.53 Å². The van der Waals surface area contributed by atoms with E-state index in [1.54, 1.807) is 56.5 Å². The lowest BCUT2D eigenvalue weighted by Crippen LogP contribution is -2.06. The Morgan fingerprint density at radius 2 is 1.86 bits per heavy atom. The van der Waals surface area contributed by atoms with E-state index >= 15 is 0 Å². The number of phenolic OH excluding ortho intramolecular Hbond substituents is 1. The van der Waals surface area contributed by atoms with E-state index in [0.29, 0.717) is 23.0 Å². The molecule has 2 aromatic carbocycles. The van der Waals surface area contributed by atoms with E-state index in [0.717, 1.165) is 5.56 Å². The maximum atomic E-state index is 12.1. The minimum absolute atomic E-state index is 0.0184. The number of ether oxygens (including phenoxy) is 3. The number of carbonyl (C=O) groups excluding carboxylic acids is 1. The minimum atomic E-state index is -0.721. The third kappa shape index (κ3) is 4.92. The van der Waals surface area contributed by atoms with E-state index in [4.69, 9.17) is 18.6 Å². The molecular weight excluding hydrogens is 376 g/mol. The number of hydrogen-bond donors (Lipinski definition) is 1. The fourth-order valence-electron chi connectivity index (χ4n) is 2.48. The Labute approximate surface area is 167 Å². The molecule has 1 N–H and O–H groups in total. The third-order valence-corrected chi connectivity index (χ3v) is 4.03. The molecule has 0 aliphatic carbocycles. The standard InChI is InChI=1S/C21H20N2O6/c1-13(20-22-23-21(29-20)15-6-8-16(26-2)9-7-15)28-19(25)11-5-14-4-10-17(24)18(12-14)27-3/h4-13,24H,1-3H3/b11-5+. The van der Waals surface area contributed by atoms with Crippen molar-refractivity contribution in [2.45, 2.75) is 13.0 Å². The van der Waals surface area contributed by atoms with E-state index < -0.39 is 12.1 Å². The molecule has 3 rings (SSSR count). The largest absolute Gasteiger partial charge is 0.504 e. The monoisotopic (exact) mass is 396 g/mol. The second-order valence-electron chi connectivity index (χ2n) is 6.02. The van der Waals surface area contributed by atoms with Gasteiger partial charge in [-0.1, -0.05) is 6.07 Å². The van der Waals surface area contributed by atoms with Crippen molar-refractivity contribution in [1.29, 1.82) is 0 Å². The summed E-state index contributed by atoms with van der Waals surface area (Å²) in [4.78, 5) is 12.1. The maximum Gasteiger partial charge on any atom is 0.331 e. The fourth-order valence-corrected chi connectivity index (χ4v) is 2.48. The Hall–Kier alpha value is -3.81. The molecule has 0 spiro atoms. The number of methoxy groups -OCH3 is 2. The topological polar surface area (TPSA) is 104 Å². The lowest BCUT2D eigenvalue weighted by atomic mass is 10.2. The number of aromatic hydroxyl groups is 1. The van der Waals surface area contributed by atoms with Gasteiger partial charge in [0.05, 0.1) is 14.2 Å². The molecule has 1 aromatic heterocycles. The van der Waals surface area contributed by atoms with Gasteiger partial charge in [-0.2, -0.15) is 0 Å². The number of esters is 1. The summed E-state index contributed by atoms with van der Waals surface area (Å²) in [6.07, 6.45) is 2.09. The van der Waals surface area contributed by atoms with E-state index in [1.807, 2.05) is 0 Å². The fraction of sp³-hybridized carbons (Fsp3) is 0.190. The van der Waals surface area contributed by atoms with E-state index in [-0.39, 0.29) is 11.6 Å². The molecule has 0 amide bonds. The summed E-state index contributed by atoms with van der Waals surface area (Å²) in [5.41, 5.74) is 1.40. The van der Waals surface area contributed by atoms with Gasteiger partial charge in [-0.3, -0.25) is 0 Å². The Bertz CT molecular complexity index is 1010. The lowest BCUT2D eigenvalue weighted by Gasteiger charge is -2.07. The van der Waals surface area contributed by atoms with Crippen molar-refractivity contribution in [3.63, 3.8) is 0 Å². The third-order valence-electron chi connectivity index (χ3n) is 4.03. The van der Waals surface area contributed by atoms with Crippen LogP contribution in [0.15, 0.2) is 53.0 Å². The van der Waals surface area contributed by atoms with Crippen LogP contribution in [0.1, 0.15) is 24.5 Å². The average Bonchev–Trinajstić information content (AvgIpc) is 3.23. The maximum absolute atomic E-state index is 12.1. The van der Waals surface area contributed by atoms with Gasteiger partial charge < -0.3 is 23.7 Å². The van der Waals surface area contributed by atoms with E-state index in [9.17, 15) is 9.90 Å². The van der Waals surface area contributed by atoms with E-state index in [2.05, 4.69) is 10.2 Å². The highest BCUT2D eigenvalue weighted by molar-refractivity contribution is 5.87. The summed E-state index contributed by atoms with van der Waals surface area (Å²) in [5, 5.41) is 17.5. The lowest BCUT2D eigenvalue weighted by molar-refractivity contribution is -0.143. The van der Waals surface area contributed by atoms with Gasteiger partial charge in [-0.25, -0.2) is 4.79 Å². The van der Waals surface area contributed by atoms with Crippen molar-refractivity contribution in [3.8, 4) is 28.7 Å². The highest BCUT2D eigenvalue weighted by atomic mass is 16.6. The molecule has 8 heteroatoms. The van der Waals surface area contributed by atoms with Crippen molar-refractivity contribution in [2.24, 2.45) is 0 Å². The Morgan fingerprint density at radius 3 is 2.55 bits per heavy atom. The zero-order valence-electron chi connectivity index (χ0n) is 16.2. The van der Waals surface area contributed by atoms with Crippen LogP contribution < -0.4 is 9.47 Å². The van der Waals surface area contributed by atoms with Gasteiger partial charge in [0, 0.05) is 11.6 Å². The number of aromatic nitrogens is 2. The molecule has 3 aromatic rings. The van der Waals surface area contributed by atoms with Crippen LogP contribution in [0, 0.1) is 0 Å². The number of rotatable bonds is 7. The number of benzene rings is 2. The second-order valence-corrected chi connectivity index (χ2v) is 6.02. The first kappa shape index (κ1) is 19.9. The first-order valence-corrected chi connectivity index (χ1v) is 8.73. The Morgan fingerprint density at radius 1 is 1.10 bits per heavy atom. The Kier molecular flexibility index (Phi) is 6.13. The predicted molar refractivity (Wildman–Crippen MR) is 104 cm³/mol. The predicted octanol–water partition coefficient (Wildman–Crippen LogP) is 3.78. The first-order chi connectivity index (χ1) is 14.0. The molecule has 0 aliphatic heterocycles. The van der Waals surface area contributed by atoms with E-state index in [1.165, 1.54) is 19.3 Å². The molecule has 0 saturated carbocycles. The summed E-state index contributed by atoms with van der Waals surface area (Å²) in [7, 11) is 3.03. The van der Waals surface area contributed by atoms with Crippen molar-refractivity contribution in [1.82, 2.24) is 10.2 Å². The van der Waals surface area contributed by atoms with Gasteiger partial charge in [-0.15, -0.1) is 10.2 Å². The van der Waals surface area contributed by atoms with Gasteiger partial charge in [0.2, 0.25) is 5.89 Å². The summed E-state index contributed by atoms with van der Waals surface area (Å²) in [6.45, 7) is 1.64. The van der Waals surface area contributed by atoms with Crippen LogP contribution >= 0.6 is 0 Å². The second kappa shape index (κ2) is 8.92. The zero-order valence-corrected chi connectivity index (χ0v) is 16.2. The smallest absolute Gasteiger partial charge is 0.331 e. The van der Waals surface area contributed by atoms with Gasteiger partial charge >= 0.3 is 5.97 Å². The van der Waals surface area contributed by atoms with Gasteiger partial charge in [0.1, 0.15) is 5.75 Å². The summed E-state index contributed by atoms with van der Waals surface area (Å²) in [5.74, 6) is 0.972. The minimum Gasteiger partial charge on any atom is -0.504 e. The molecule has 0 saturated heterocycles. The van der Waals surface area contributed by atoms with Crippen LogP contribution in [0.2, 0.25) is 0 Å². The molecule has 8 nitrogen and oxygen atoms in total. The highest BCUT2D eigenvalue weighted by Crippen LogP contribution is 2.27.